The van der Waals surface area contributed by atoms with E-state index in [9.17, 15) is 4.79 Å². The summed E-state index contributed by atoms with van der Waals surface area (Å²) in [6.45, 7) is 7.72. The molecular formula is C16H21NO4. The molecule has 1 aliphatic rings. The number of ether oxygens (including phenoxy) is 3. The Labute approximate surface area is 124 Å². The van der Waals surface area contributed by atoms with Crippen molar-refractivity contribution < 1.29 is 19.0 Å². The van der Waals surface area contributed by atoms with Gasteiger partial charge in [-0.1, -0.05) is 6.07 Å². The number of aryl methyl sites for hydroxylation is 1. The van der Waals surface area contributed by atoms with Crippen molar-refractivity contribution in [3.05, 3.63) is 29.0 Å². The molecule has 21 heavy (non-hydrogen) atoms. The summed E-state index contributed by atoms with van der Waals surface area (Å²) in [7, 11) is 1.60. The number of fused-ring (bicyclic) bond motifs is 1. The Morgan fingerprint density at radius 1 is 1.33 bits per heavy atom. The van der Waals surface area contributed by atoms with Crippen LogP contribution in [0.2, 0.25) is 0 Å². The molecule has 5 nitrogen and oxygen atoms in total. The summed E-state index contributed by atoms with van der Waals surface area (Å²) in [5, 5.41) is 2.72. The van der Waals surface area contributed by atoms with Crippen LogP contribution in [0.4, 0.5) is 4.79 Å². The average Bonchev–Trinajstić information content (AvgIpc) is 2.37. The Kier molecular flexibility index (Phi) is 4.11. The topological polar surface area (TPSA) is 56.8 Å². The predicted molar refractivity (Wildman–Crippen MR) is 80.6 cm³/mol. The molecule has 0 spiro atoms. The van der Waals surface area contributed by atoms with Gasteiger partial charge < -0.3 is 14.2 Å². The number of nitrogens with one attached hydrogen (secondary N) is 1. The SMILES string of the molecule is COc1ccc(C)c2c1OCC(NC(=O)OC(C)(C)C)=C2. The van der Waals surface area contributed by atoms with Crippen molar-refractivity contribution in [3.8, 4) is 11.5 Å². The van der Waals surface area contributed by atoms with Crippen molar-refractivity contribution in [1.82, 2.24) is 5.32 Å². The Morgan fingerprint density at radius 2 is 2.05 bits per heavy atom. The Hall–Kier alpha value is -2.17. The normalized spacial score (nSPS) is 13.7. The lowest BCUT2D eigenvalue weighted by Gasteiger charge is -2.24. The molecule has 0 aromatic heterocycles. The maximum atomic E-state index is 11.8. The first-order valence-electron chi connectivity index (χ1n) is 6.81. The van der Waals surface area contributed by atoms with Gasteiger partial charge in [0.25, 0.3) is 0 Å². The third kappa shape index (κ3) is 3.68. The highest BCUT2D eigenvalue weighted by Gasteiger charge is 2.21. The zero-order chi connectivity index (χ0) is 15.6. The van der Waals surface area contributed by atoms with E-state index in [1.165, 1.54) is 0 Å². The summed E-state index contributed by atoms with van der Waals surface area (Å²) in [5.74, 6) is 1.38. The number of rotatable bonds is 2. The highest BCUT2D eigenvalue weighted by molar-refractivity contribution is 5.75. The van der Waals surface area contributed by atoms with Crippen LogP contribution in [0.25, 0.3) is 6.08 Å². The molecule has 0 atom stereocenters. The molecule has 0 saturated carbocycles. The second kappa shape index (κ2) is 5.68. The van der Waals surface area contributed by atoms with Crippen LogP contribution < -0.4 is 14.8 Å². The van der Waals surface area contributed by atoms with Crippen LogP contribution >= 0.6 is 0 Å². The van der Waals surface area contributed by atoms with Crippen molar-refractivity contribution in [3.63, 3.8) is 0 Å². The van der Waals surface area contributed by atoms with E-state index in [1.807, 2.05) is 45.9 Å². The molecule has 114 valence electrons. The Balaban J connectivity index is 2.20. The number of methoxy groups -OCH3 is 1. The fraction of sp³-hybridized carbons (Fsp3) is 0.438. The number of carbonyl (C=O) groups excluding carboxylic acids is 1. The second-order valence-corrected chi connectivity index (χ2v) is 5.91. The van der Waals surface area contributed by atoms with E-state index >= 15 is 0 Å². The highest BCUT2D eigenvalue weighted by Crippen LogP contribution is 2.37. The minimum atomic E-state index is -0.531. The number of carbonyl (C=O) groups is 1. The first-order chi connectivity index (χ1) is 9.80. The molecule has 0 fully saturated rings. The molecule has 0 saturated heterocycles. The zero-order valence-electron chi connectivity index (χ0n) is 13.1. The van der Waals surface area contributed by atoms with Crippen LogP contribution in [-0.4, -0.2) is 25.4 Å². The molecule has 2 rings (SSSR count). The number of amides is 1. The summed E-state index contributed by atoms with van der Waals surface area (Å²) in [4.78, 5) is 11.8. The summed E-state index contributed by atoms with van der Waals surface area (Å²) in [5.41, 5.74) is 2.09. The standard InChI is InChI=1S/C16H21NO4/c1-10-6-7-13(19-5)14-12(10)8-11(9-20-14)17-15(18)21-16(2,3)4/h6-8H,9H2,1-5H3,(H,17,18). The Morgan fingerprint density at radius 3 is 2.67 bits per heavy atom. The van der Waals surface area contributed by atoms with Crippen LogP contribution in [0, 0.1) is 6.92 Å². The van der Waals surface area contributed by atoms with E-state index in [1.54, 1.807) is 7.11 Å². The molecule has 5 heteroatoms. The van der Waals surface area contributed by atoms with Gasteiger partial charge in [-0.25, -0.2) is 4.79 Å². The largest absolute Gasteiger partial charge is 0.493 e. The molecule has 1 amide bonds. The van der Waals surface area contributed by atoms with Crippen molar-refractivity contribution in [2.24, 2.45) is 0 Å². The summed E-state index contributed by atoms with van der Waals surface area (Å²) in [6, 6.07) is 3.82. The van der Waals surface area contributed by atoms with Gasteiger partial charge in [-0.2, -0.15) is 0 Å². The third-order valence-corrected chi connectivity index (χ3v) is 2.95. The van der Waals surface area contributed by atoms with Gasteiger partial charge in [0.1, 0.15) is 12.2 Å². The van der Waals surface area contributed by atoms with Gasteiger partial charge in [0.15, 0.2) is 11.5 Å². The van der Waals surface area contributed by atoms with Gasteiger partial charge in [-0.3, -0.25) is 5.32 Å². The molecule has 0 unspecified atom stereocenters. The van der Waals surface area contributed by atoms with Crippen LogP contribution in [0.3, 0.4) is 0 Å². The van der Waals surface area contributed by atoms with Gasteiger partial charge in [0.2, 0.25) is 0 Å². The molecule has 1 N–H and O–H groups in total. The highest BCUT2D eigenvalue weighted by atomic mass is 16.6. The second-order valence-electron chi connectivity index (χ2n) is 5.91. The molecule has 0 radical (unpaired) electrons. The summed E-state index contributed by atoms with van der Waals surface area (Å²) < 4.78 is 16.2. The molecule has 0 bridgehead atoms. The first-order valence-corrected chi connectivity index (χ1v) is 6.81. The molecule has 1 aromatic rings. The average molecular weight is 291 g/mol. The molecule has 0 aliphatic carbocycles. The van der Waals surface area contributed by atoms with E-state index in [4.69, 9.17) is 14.2 Å². The smallest absolute Gasteiger partial charge is 0.412 e. The van der Waals surface area contributed by atoms with Gasteiger partial charge in [-0.15, -0.1) is 0 Å². The number of hydrogen-bond acceptors (Lipinski definition) is 4. The maximum absolute atomic E-state index is 11.8. The molecule has 1 heterocycles. The van der Waals surface area contributed by atoms with Crippen LogP contribution in [0.1, 0.15) is 31.9 Å². The maximum Gasteiger partial charge on any atom is 0.412 e. The number of hydrogen-bond donors (Lipinski definition) is 1. The summed E-state index contributed by atoms with van der Waals surface area (Å²) >= 11 is 0. The zero-order valence-corrected chi connectivity index (χ0v) is 13.1. The quantitative estimate of drug-likeness (QED) is 0.908. The van der Waals surface area contributed by atoms with Crippen LogP contribution in [0.15, 0.2) is 17.8 Å². The lowest BCUT2D eigenvalue weighted by Crippen LogP contribution is -2.34. The number of alkyl carbamates (subject to hydrolysis) is 1. The van der Waals surface area contributed by atoms with Crippen molar-refractivity contribution in [1.29, 1.82) is 0 Å². The van der Waals surface area contributed by atoms with Crippen LogP contribution in [-0.2, 0) is 4.74 Å². The van der Waals surface area contributed by atoms with Gasteiger partial charge in [0.05, 0.1) is 12.8 Å². The Bertz CT molecular complexity index is 585. The van der Waals surface area contributed by atoms with Gasteiger partial charge in [-0.05, 0) is 45.4 Å². The van der Waals surface area contributed by atoms with E-state index < -0.39 is 11.7 Å². The lowest BCUT2D eigenvalue weighted by atomic mass is 10.0. The van der Waals surface area contributed by atoms with Crippen molar-refractivity contribution in [2.45, 2.75) is 33.3 Å². The molecule has 1 aromatic carbocycles. The van der Waals surface area contributed by atoms with Gasteiger partial charge >= 0.3 is 6.09 Å². The van der Waals surface area contributed by atoms with Gasteiger partial charge in [0, 0.05) is 5.56 Å². The third-order valence-electron chi connectivity index (χ3n) is 2.95. The monoisotopic (exact) mass is 291 g/mol. The lowest BCUT2D eigenvalue weighted by molar-refractivity contribution is 0.0540. The summed E-state index contributed by atoms with van der Waals surface area (Å²) in [6.07, 6.45) is 1.40. The van der Waals surface area contributed by atoms with E-state index in [2.05, 4.69) is 5.32 Å². The number of benzene rings is 1. The van der Waals surface area contributed by atoms with E-state index in [0.717, 1.165) is 11.1 Å². The van der Waals surface area contributed by atoms with Crippen molar-refractivity contribution in [2.75, 3.05) is 13.7 Å². The first kappa shape index (κ1) is 15.2. The molecule has 1 aliphatic heterocycles. The van der Waals surface area contributed by atoms with E-state index in [-0.39, 0.29) is 6.61 Å². The van der Waals surface area contributed by atoms with Crippen LogP contribution in [0.5, 0.6) is 11.5 Å². The minimum absolute atomic E-state index is 0.270. The fourth-order valence-electron chi connectivity index (χ4n) is 2.04. The fourth-order valence-corrected chi connectivity index (χ4v) is 2.04. The van der Waals surface area contributed by atoms with Crippen molar-refractivity contribution >= 4 is 12.2 Å². The minimum Gasteiger partial charge on any atom is -0.493 e. The molecular weight excluding hydrogens is 270 g/mol. The predicted octanol–water partition coefficient (Wildman–Crippen LogP) is 3.26. The van der Waals surface area contributed by atoms with E-state index in [0.29, 0.717) is 17.2 Å².